The molecule has 0 fully saturated rings. The van der Waals surface area contributed by atoms with E-state index in [4.69, 9.17) is 5.11 Å². The Morgan fingerprint density at radius 2 is 2.06 bits per heavy atom. The lowest BCUT2D eigenvalue weighted by molar-refractivity contribution is -0.136. The summed E-state index contributed by atoms with van der Waals surface area (Å²) in [6.45, 7) is -0.147. The molecule has 2 rings (SSSR count). The molecule has 96 valence electrons. The first-order valence-electron chi connectivity index (χ1n) is 5.24. The molecule has 2 N–H and O–H groups in total. The van der Waals surface area contributed by atoms with Gasteiger partial charge in [-0.3, -0.25) is 9.59 Å². The van der Waals surface area contributed by atoms with E-state index >= 15 is 0 Å². The number of aliphatic carboxylic acids is 1. The van der Waals surface area contributed by atoms with Crippen LogP contribution in [0.15, 0.2) is 12.1 Å². The number of halogens is 2. The second-order valence-electron chi connectivity index (χ2n) is 3.83. The predicted octanol–water partition coefficient (Wildman–Crippen LogP) is 1.20. The Morgan fingerprint density at radius 1 is 1.39 bits per heavy atom. The van der Waals surface area contributed by atoms with Crippen molar-refractivity contribution in [2.24, 2.45) is 0 Å². The minimum Gasteiger partial charge on any atom is -0.481 e. The molecule has 5 nitrogen and oxygen atoms in total. The normalized spacial score (nSPS) is 14.1. The number of hydrogen-bond donors (Lipinski definition) is 2. The van der Waals surface area contributed by atoms with Crippen LogP contribution in [0, 0.1) is 11.6 Å². The van der Waals surface area contributed by atoms with Crippen LogP contribution >= 0.6 is 0 Å². The fourth-order valence-corrected chi connectivity index (χ4v) is 1.75. The van der Waals surface area contributed by atoms with Crippen molar-refractivity contribution in [3.05, 3.63) is 23.8 Å². The van der Waals surface area contributed by atoms with E-state index < -0.39 is 17.6 Å². The highest BCUT2D eigenvalue weighted by Crippen LogP contribution is 2.31. The van der Waals surface area contributed by atoms with Gasteiger partial charge in [0.2, 0.25) is 5.91 Å². The Kier molecular flexibility index (Phi) is 3.14. The summed E-state index contributed by atoms with van der Waals surface area (Å²) in [6, 6.07) is 1.83. The highest BCUT2D eigenvalue weighted by Gasteiger charge is 2.25. The van der Waals surface area contributed by atoms with Gasteiger partial charge in [-0.25, -0.2) is 8.78 Å². The maximum atomic E-state index is 13.1. The molecule has 0 saturated heterocycles. The van der Waals surface area contributed by atoms with Crippen LogP contribution in [0.4, 0.5) is 20.2 Å². The van der Waals surface area contributed by atoms with Gasteiger partial charge in [-0.2, -0.15) is 0 Å². The van der Waals surface area contributed by atoms with Crippen LogP contribution < -0.4 is 10.2 Å². The Balaban J connectivity index is 2.34. The maximum Gasteiger partial charge on any atom is 0.305 e. The van der Waals surface area contributed by atoms with Gasteiger partial charge in [0.1, 0.15) is 0 Å². The standard InChI is InChI=1S/C11H10F2N2O3/c12-6-3-8-9(4-7(6)13)15(2-1-11(17)18)10(16)5-14-8/h3-4,14H,1-2,5H2,(H,17,18). The van der Waals surface area contributed by atoms with E-state index in [1.54, 1.807) is 0 Å². The van der Waals surface area contributed by atoms with Crippen molar-refractivity contribution in [1.82, 2.24) is 0 Å². The Bertz CT molecular complexity index is 519. The monoisotopic (exact) mass is 256 g/mol. The van der Waals surface area contributed by atoms with Crippen LogP contribution in [0.1, 0.15) is 6.42 Å². The first-order valence-corrected chi connectivity index (χ1v) is 5.24. The second-order valence-corrected chi connectivity index (χ2v) is 3.83. The van der Waals surface area contributed by atoms with Gasteiger partial charge in [0, 0.05) is 18.7 Å². The number of hydrogen-bond acceptors (Lipinski definition) is 3. The summed E-state index contributed by atoms with van der Waals surface area (Å²) in [6.07, 6.45) is -0.260. The van der Waals surface area contributed by atoms with Crippen molar-refractivity contribution in [1.29, 1.82) is 0 Å². The van der Waals surface area contributed by atoms with Crippen LogP contribution in [0.25, 0.3) is 0 Å². The van der Waals surface area contributed by atoms with Crippen molar-refractivity contribution in [3.63, 3.8) is 0 Å². The molecule has 0 aromatic heterocycles. The Morgan fingerprint density at radius 3 is 2.72 bits per heavy atom. The minimum atomic E-state index is -1.08. The summed E-state index contributed by atoms with van der Waals surface area (Å²) >= 11 is 0. The summed E-state index contributed by atoms with van der Waals surface area (Å²) in [7, 11) is 0. The molecular weight excluding hydrogens is 246 g/mol. The van der Waals surface area contributed by atoms with Crippen molar-refractivity contribution < 1.29 is 23.5 Å². The third-order valence-electron chi connectivity index (χ3n) is 2.61. The van der Waals surface area contributed by atoms with E-state index in [1.165, 1.54) is 0 Å². The molecule has 18 heavy (non-hydrogen) atoms. The fraction of sp³-hybridized carbons (Fsp3) is 0.273. The average Bonchev–Trinajstić information content (AvgIpc) is 2.30. The largest absolute Gasteiger partial charge is 0.481 e. The minimum absolute atomic E-state index is 0.0717. The number of amides is 1. The van der Waals surface area contributed by atoms with Gasteiger partial charge in [-0.1, -0.05) is 0 Å². The summed E-state index contributed by atoms with van der Waals surface area (Å²) < 4.78 is 26.2. The van der Waals surface area contributed by atoms with E-state index in [2.05, 4.69) is 5.32 Å². The number of carboxylic acids is 1. The number of benzene rings is 1. The molecule has 0 spiro atoms. The molecule has 0 atom stereocenters. The van der Waals surface area contributed by atoms with E-state index in [-0.39, 0.29) is 36.8 Å². The van der Waals surface area contributed by atoms with Gasteiger partial charge in [-0.05, 0) is 0 Å². The van der Waals surface area contributed by atoms with Crippen molar-refractivity contribution in [2.45, 2.75) is 6.42 Å². The number of fused-ring (bicyclic) bond motifs is 1. The number of carbonyl (C=O) groups is 2. The first kappa shape index (κ1) is 12.3. The number of carbonyl (C=O) groups excluding carboxylic acids is 1. The second kappa shape index (κ2) is 4.59. The third kappa shape index (κ3) is 2.24. The van der Waals surface area contributed by atoms with E-state index in [9.17, 15) is 18.4 Å². The number of rotatable bonds is 3. The molecule has 0 radical (unpaired) electrons. The quantitative estimate of drug-likeness (QED) is 0.852. The molecule has 1 heterocycles. The predicted molar refractivity (Wildman–Crippen MR) is 59.5 cm³/mol. The Hall–Kier alpha value is -2.18. The highest BCUT2D eigenvalue weighted by molar-refractivity contribution is 6.02. The molecule has 1 aromatic rings. The summed E-state index contributed by atoms with van der Waals surface area (Å²) in [5.74, 6) is -3.54. The average molecular weight is 256 g/mol. The lowest BCUT2D eigenvalue weighted by Gasteiger charge is -2.29. The van der Waals surface area contributed by atoms with Crippen LogP contribution in [0.5, 0.6) is 0 Å². The van der Waals surface area contributed by atoms with Gasteiger partial charge in [0.15, 0.2) is 11.6 Å². The van der Waals surface area contributed by atoms with Crippen LogP contribution in [-0.4, -0.2) is 30.1 Å². The van der Waals surface area contributed by atoms with Crippen molar-refractivity contribution in [3.8, 4) is 0 Å². The number of anilines is 2. The van der Waals surface area contributed by atoms with Crippen LogP contribution in [0.3, 0.4) is 0 Å². The number of nitrogens with one attached hydrogen (secondary N) is 1. The molecule has 1 aliphatic heterocycles. The number of carboxylic acid groups (broad SMARTS) is 1. The van der Waals surface area contributed by atoms with Crippen molar-refractivity contribution >= 4 is 23.3 Å². The lowest BCUT2D eigenvalue weighted by atomic mass is 10.1. The molecule has 1 aliphatic rings. The zero-order valence-electron chi connectivity index (χ0n) is 9.24. The van der Waals surface area contributed by atoms with Crippen molar-refractivity contribution in [2.75, 3.05) is 23.3 Å². The van der Waals surface area contributed by atoms with Gasteiger partial charge in [-0.15, -0.1) is 0 Å². The SMILES string of the molecule is O=C(O)CCN1C(=O)CNc2cc(F)c(F)cc21. The topological polar surface area (TPSA) is 69.6 Å². The molecule has 0 bridgehead atoms. The molecule has 1 amide bonds. The fourth-order valence-electron chi connectivity index (χ4n) is 1.75. The van der Waals surface area contributed by atoms with E-state index in [1.807, 2.05) is 0 Å². The molecule has 0 aliphatic carbocycles. The lowest BCUT2D eigenvalue weighted by Crippen LogP contribution is -2.41. The van der Waals surface area contributed by atoms with Crippen LogP contribution in [0.2, 0.25) is 0 Å². The zero-order valence-corrected chi connectivity index (χ0v) is 9.24. The molecular formula is C11H10F2N2O3. The first-order chi connectivity index (χ1) is 8.49. The van der Waals surface area contributed by atoms with Crippen LogP contribution in [-0.2, 0) is 9.59 Å². The third-order valence-corrected chi connectivity index (χ3v) is 2.61. The van der Waals surface area contributed by atoms with E-state index in [0.29, 0.717) is 0 Å². The van der Waals surface area contributed by atoms with Gasteiger partial charge in [0.05, 0.1) is 24.3 Å². The number of nitrogens with zero attached hydrogens (tertiary/aromatic N) is 1. The molecule has 0 saturated carbocycles. The summed E-state index contributed by atoms with van der Waals surface area (Å²) in [5, 5.41) is 11.2. The van der Waals surface area contributed by atoms with E-state index in [0.717, 1.165) is 17.0 Å². The summed E-state index contributed by atoms with van der Waals surface area (Å²) in [4.78, 5) is 23.3. The zero-order chi connectivity index (χ0) is 13.3. The van der Waals surface area contributed by atoms with Gasteiger partial charge >= 0.3 is 5.97 Å². The molecule has 1 aromatic carbocycles. The summed E-state index contributed by atoms with van der Waals surface area (Å²) in [5.41, 5.74) is 0.435. The van der Waals surface area contributed by atoms with Gasteiger partial charge in [0.25, 0.3) is 0 Å². The Labute approximate surface area is 101 Å². The highest BCUT2D eigenvalue weighted by atomic mass is 19.2. The maximum absolute atomic E-state index is 13.1. The molecule has 7 heteroatoms. The smallest absolute Gasteiger partial charge is 0.305 e. The molecule has 0 unspecified atom stereocenters. The van der Waals surface area contributed by atoms with Gasteiger partial charge < -0.3 is 15.3 Å².